The van der Waals surface area contributed by atoms with Gasteiger partial charge in [-0.1, -0.05) is 0 Å². The van der Waals surface area contributed by atoms with Crippen LogP contribution in [-0.4, -0.2) is 31.0 Å². The molecule has 0 heterocycles. The molecule has 10 heteroatoms. The molecule has 0 radical (unpaired) electrons. The van der Waals surface area contributed by atoms with Crippen LogP contribution in [0.1, 0.15) is 6.92 Å². The van der Waals surface area contributed by atoms with Crippen molar-refractivity contribution in [1.82, 2.24) is 0 Å². The monoisotopic (exact) mass is 258 g/mol. The molecular weight excluding hydrogens is 253 g/mol. The van der Waals surface area contributed by atoms with Crippen LogP contribution in [0.2, 0.25) is 0 Å². The first-order chi connectivity index (χ1) is 6.94. The molecule has 96 valence electrons. The van der Waals surface area contributed by atoms with E-state index in [2.05, 4.69) is 9.47 Å². The Labute approximate surface area is 84.1 Å². The van der Waals surface area contributed by atoms with Crippen LogP contribution >= 0.6 is 0 Å². The number of rotatable bonds is 3. The summed E-state index contributed by atoms with van der Waals surface area (Å²) in [5.74, 6) is -8.36. The van der Waals surface area contributed by atoms with E-state index in [1.165, 1.54) is 0 Å². The fourth-order valence-electron chi connectivity index (χ4n) is 0.599. The minimum Gasteiger partial charge on any atom is -0.462 e. The number of esters is 1. The lowest BCUT2D eigenvalue weighted by molar-refractivity contribution is -0.436. The van der Waals surface area contributed by atoms with Gasteiger partial charge in [0.25, 0.3) is 0 Å². The quantitative estimate of drug-likeness (QED) is 0.575. The minimum absolute atomic E-state index is 0.734. The van der Waals surface area contributed by atoms with Crippen LogP contribution in [0.15, 0.2) is 0 Å². The van der Waals surface area contributed by atoms with E-state index in [1.807, 2.05) is 0 Å². The number of hydrogen-bond acceptors (Lipinski definition) is 3. The van der Waals surface area contributed by atoms with Crippen molar-refractivity contribution in [3.63, 3.8) is 0 Å². The van der Waals surface area contributed by atoms with Crippen molar-refractivity contribution in [3.8, 4) is 0 Å². The summed E-state index contributed by atoms with van der Waals surface area (Å²) in [6.07, 6.45) is -12.2. The molecular formula is C6H5F7O3. The molecule has 0 saturated carbocycles. The Morgan fingerprint density at radius 3 is 1.75 bits per heavy atom. The molecule has 0 aliphatic rings. The zero-order valence-corrected chi connectivity index (χ0v) is 7.58. The molecule has 0 aliphatic heterocycles. The molecule has 3 nitrogen and oxygen atoms in total. The summed E-state index contributed by atoms with van der Waals surface area (Å²) in [4.78, 5) is 10.4. The molecule has 0 fully saturated rings. The summed E-state index contributed by atoms with van der Waals surface area (Å²) in [5, 5.41) is 0. The molecule has 16 heavy (non-hydrogen) atoms. The highest BCUT2D eigenvalue weighted by Crippen LogP contribution is 2.40. The van der Waals surface area contributed by atoms with Crippen LogP contribution in [0, 0.1) is 0 Å². The maximum absolute atomic E-state index is 12.8. The molecule has 0 saturated heterocycles. The number of hydrogen-bond donors (Lipinski definition) is 0. The van der Waals surface area contributed by atoms with Gasteiger partial charge < -0.3 is 4.74 Å². The first kappa shape index (κ1) is 14.9. The Balaban J connectivity index is 5.13. The Bertz CT molecular complexity index is 258. The van der Waals surface area contributed by atoms with Crippen molar-refractivity contribution in [2.24, 2.45) is 0 Å². The van der Waals surface area contributed by atoms with Crippen molar-refractivity contribution in [3.05, 3.63) is 0 Å². The molecule has 0 aromatic carbocycles. The maximum atomic E-state index is 12.8. The van der Waals surface area contributed by atoms with Gasteiger partial charge in [0, 0.05) is 0 Å². The van der Waals surface area contributed by atoms with E-state index in [9.17, 15) is 35.5 Å². The average molecular weight is 258 g/mol. The molecule has 1 atom stereocenters. The largest absolute Gasteiger partial charge is 0.525 e. The highest BCUT2D eigenvalue weighted by Gasteiger charge is 2.69. The second-order valence-electron chi connectivity index (χ2n) is 2.36. The third-order valence-corrected chi connectivity index (χ3v) is 1.16. The van der Waals surface area contributed by atoms with Gasteiger partial charge in [-0.25, -0.2) is 9.53 Å². The van der Waals surface area contributed by atoms with Gasteiger partial charge in [-0.15, -0.1) is 13.2 Å². The summed E-state index contributed by atoms with van der Waals surface area (Å²) in [6.45, 7) is 0.254. The maximum Gasteiger partial charge on any atom is 0.525 e. The first-order valence-electron chi connectivity index (χ1n) is 3.64. The zero-order valence-electron chi connectivity index (χ0n) is 7.58. The topological polar surface area (TPSA) is 35.5 Å². The summed E-state index contributed by atoms with van der Waals surface area (Å²) < 4.78 is 88.8. The summed E-state index contributed by atoms with van der Waals surface area (Å²) >= 11 is 0. The van der Waals surface area contributed by atoms with E-state index in [0.29, 0.717) is 0 Å². The van der Waals surface area contributed by atoms with Gasteiger partial charge in [-0.3, -0.25) is 0 Å². The Kier molecular flexibility index (Phi) is 4.14. The Morgan fingerprint density at radius 1 is 1.06 bits per heavy atom. The van der Waals surface area contributed by atoms with Crippen LogP contribution < -0.4 is 0 Å². The Morgan fingerprint density at radius 2 is 1.50 bits per heavy atom. The highest BCUT2D eigenvalue weighted by molar-refractivity contribution is 5.78. The molecule has 1 unspecified atom stereocenters. The highest BCUT2D eigenvalue weighted by atomic mass is 19.4. The minimum atomic E-state index is -6.20. The molecule has 0 rings (SSSR count). The molecule has 0 spiro atoms. The number of carbonyl (C=O) groups excluding carboxylic acids is 1. The van der Waals surface area contributed by atoms with Gasteiger partial charge in [-0.2, -0.15) is 17.6 Å². The molecule has 0 N–H and O–H groups in total. The van der Waals surface area contributed by atoms with E-state index in [-0.39, 0.29) is 0 Å². The van der Waals surface area contributed by atoms with E-state index in [4.69, 9.17) is 0 Å². The SMILES string of the molecule is CCOC(=O)C(F)(OC(F)(F)F)C(F)(F)F. The van der Waals surface area contributed by atoms with Crippen LogP contribution in [0.5, 0.6) is 0 Å². The molecule has 0 aromatic heterocycles. The lowest BCUT2D eigenvalue weighted by atomic mass is 10.3. The van der Waals surface area contributed by atoms with Gasteiger partial charge in [0.05, 0.1) is 6.61 Å². The van der Waals surface area contributed by atoms with Crippen molar-refractivity contribution in [1.29, 1.82) is 0 Å². The molecule has 0 amide bonds. The summed E-state index contributed by atoms with van der Waals surface area (Å²) in [7, 11) is 0. The van der Waals surface area contributed by atoms with Crippen LogP contribution in [0.3, 0.4) is 0 Å². The lowest BCUT2D eigenvalue weighted by Crippen LogP contribution is -2.54. The number of carbonyl (C=O) groups is 1. The number of alkyl halides is 7. The summed E-state index contributed by atoms with van der Waals surface area (Å²) in [6, 6.07) is 0. The summed E-state index contributed by atoms with van der Waals surface area (Å²) in [5.41, 5.74) is 0. The van der Waals surface area contributed by atoms with Crippen molar-refractivity contribution < 1.29 is 45.0 Å². The second-order valence-corrected chi connectivity index (χ2v) is 2.36. The first-order valence-corrected chi connectivity index (χ1v) is 3.64. The van der Waals surface area contributed by atoms with Gasteiger partial charge in [-0.05, 0) is 6.92 Å². The second kappa shape index (κ2) is 4.44. The van der Waals surface area contributed by atoms with Gasteiger partial charge in [0.2, 0.25) is 0 Å². The van der Waals surface area contributed by atoms with Crippen molar-refractivity contribution in [2.75, 3.05) is 6.61 Å². The average Bonchev–Trinajstić information content (AvgIpc) is 1.99. The number of halogens is 7. The number of ether oxygens (including phenoxy) is 2. The van der Waals surface area contributed by atoms with Crippen LogP contribution in [0.4, 0.5) is 30.7 Å². The predicted molar refractivity (Wildman–Crippen MR) is 33.7 cm³/mol. The zero-order chi connectivity index (χ0) is 13.2. The lowest BCUT2D eigenvalue weighted by Gasteiger charge is -2.25. The molecule has 0 aliphatic carbocycles. The van der Waals surface area contributed by atoms with E-state index >= 15 is 0 Å². The van der Waals surface area contributed by atoms with Crippen LogP contribution in [0.25, 0.3) is 0 Å². The van der Waals surface area contributed by atoms with Crippen molar-refractivity contribution >= 4 is 5.97 Å². The van der Waals surface area contributed by atoms with Gasteiger partial charge in [0.15, 0.2) is 0 Å². The third kappa shape index (κ3) is 3.51. The Hall–Kier alpha value is -1.06. The van der Waals surface area contributed by atoms with E-state index < -0.39 is 31.0 Å². The fourth-order valence-corrected chi connectivity index (χ4v) is 0.599. The van der Waals surface area contributed by atoms with Crippen molar-refractivity contribution in [2.45, 2.75) is 25.3 Å². The van der Waals surface area contributed by atoms with Crippen LogP contribution in [-0.2, 0) is 14.3 Å². The van der Waals surface area contributed by atoms with E-state index in [0.717, 1.165) is 6.92 Å². The van der Waals surface area contributed by atoms with Gasteiger partial charge >= 0.3 is 24.4 Å². The fraction of sp³-hybridized carbons (Fsp3) is 0.833. The predicted octanol–water partition coefficient (Wildman–Crippen LogP) is 2.31. The normalized spacial score (nSPS) is 16.8. The third-order valence-electron chi connectivity index (χ3n) is 1.16. The molecule has 0 bridgehead atoms. The van der Waals surface area contributed by atoms with E-state index in [1.54, 1.807) is 0 Å². The van der Waals surface area contributed by atoms with Gasteiger partial charge in [0.1, 0.15) is 0 Å². The standard InChI is InChI=1S/C6H5F7O3/c1-2-15-3(14)4(7,5(8,9)10)16-6(11,12)13/h2H2,1H3. The smallest absolute Gasteiger partial charge is 0.462 e. The molecule has 0 aromatic rings.